The Morgan fingerprint density at radius 3 is 2.30 bits per heavy atom. The minimum Gasteiger partial charge on any atom is -0.369 e. The Hall–Kier alpha value is -2.74. The maximum atomic E-state index is 13.9. The van der Waals surface area contributed by atoms with Crippen LogP contribution in [0.3, 0.4) is 0 Å². The van der Waals surface area contributed by atoms with Crippen molar-refractivity contribution in [3.63, 3.8) is 0 Å². The zero-order valence-electron chi connectivity index (χ0n) is 14.3. The van der Waals surface area contributed by atoms with E-state index in [2.05, 4.69) is 5.10 Å². The van der Waals surface area contributed by atoms with Gasteiger partial charge in [-0.05, 0) is 29.8 Å². The van der Waals surface area contributed by atoms with Crippen LogP contribution in [0.4, 0.5) is 14.5 Å². The first-order valence-corrected chi connectivity index (χ1v) is 10.3. The summed E-state index contributed by atoms with van der Waals surface area (Å²) in [5.41, 5.74) is 2.84. The highest BCUT2D eigenvalue weighted by atomic mass is 32.2. The molecule has 0 spiro atoms. The van der Waals surface area contributed by atoms with E-state index in [1.54, 1.807) is 12.4 Å². The van der Waals surface area contributed by atoms with Crippen molar-refractivity contribution in [1.29, 1.82) is 0 Å². The van der Waals surface area contributed by atoms with Gasteiger partial charge in [0.1, 0.15) is 11.5 Å². The summed E-state index contributed by atoms with van der Waals surface area (Å²) in [7, 11) is -2.91. The van der Waals surface area contributed by atoms with Gasteiger partial charge in [-0.2, -0.15) is 5.10 Å². The maximum absolute atomic E-state index is 13.9. The van der Waals surface area contributed by atoms with Gasteiger partial charge in [0.2, 0.25) is 0 Å². The summed E-state index contributed by atoms with van der Waals surface area (Å²) >= 11 is 0. The molecule has 0 unspecified atom stereocenters. The largest absolute Gasteiger partial charge is 0.369 e. The average molecular weight is 389 g/mol. The Labute approximate surface area is 155 Å². The molecule has 1 fully saturated rings. The number of hydrogen-bond acceptors (Lipinski definition) is 4. The molecule has 8 heteroatoms. The predicted molar refractivity (Wildman–Crippen MR) is 99.8 cm³/mol. The second kappa shape index (κ2) is 6.77. The van der Waals surface area contributed by atoms with Crippen LogP contribution in [0.1, 0.15) is 0 Å². The topological polar surface area (TPSA) is 55.2 Å². The molecule has 0 aliphatic carbocycles. The van der Waals surface area contributed by atoms with Crippen molar-refractivity contribution in [3.05, 3.63) is 66.5 Å². The Morgan fingerprint density at radius 2 is 1.63 bits per heavy atom. The first-order chi connectivity index (χ1) is 12.9. The molecule has 0 saturated carbocycles. The number of benzene rings is 2. The van der Waals surface area contributed by atoms with Crippen LogP contribution in [0, 0.1) is 11.6 Å². The molecule has 27 heavy (non-hydrogen) atoms. The number of aromatic nitrogens is 2. The van der Waals surface area contributed by atoms with E-state index in [0.717, 1.165) is 22.9 Å². The number of anilines is 1. The van der Waals surface area contributed by atoms with E-state index in [4.69, 9.17) is 0 Å². The fourth-order valence-electron chi connectivity index (χ4n) is 3.11. The van der Waals surface area contributed by atoms with Gasteiger partial charge in [0, 0.05) is 36.6 Å². The third-order valence-corrected chi connectivity index (χ3v) is 6.26. The lowest BCUT2D eigenvalue weighted by atomic mass is 10.1. The molecule has 1 aromatic heterocycles. The lowest BCUT2D eigenvalue weighted by Crippen LogP contribution is -2.40. The summed E-state index contributed by atoms with van der Waals surface area (Å²) in [6.45, 7) is 0.979. The van der Waals surface area contributed by atoms with E-state index < -0.39 is 21.5 Å². The minimum atomic E-state index is -2.91. The van der Waals surface area contributed by atoms with Crippen molar-refractivity contribution in [2.75, 3.05) is 29.5 Å². The molecule has 2 heterocycles. The van der Waals surface area contributed by atoms with E-state index in [-0.39, 0.29) is 17.2 Å². The number of hydrogen-bond donors (Lipinski definition) is 0. The van der Waals surface area contributed by atoms with Crippen LogP contribution in [0.2, 0.25) is 0 Å². The molecule has 140 valence electrons. The average Bonchev–Trinajstić information content (AvgIpc) is 3.12. The molecule has 0 N–H and O–H groups in total. The standard InChI is InChI=1S/C19H17F2N3O2S/c20-16-3-6-19(18(21)11-16)24-13-15(12-22-24)14-1-4-17(5-2-14)23-7-9-27(25,26)10-8-23/h1-6,11-13H,7-10H2. The third kappa shape index (κ3) is 3.71. The summed E-state index contributed by atoms with van der Waals surface area (Å²) in [6, 6.07) is 11.1. The Bertz CT molecular complexity index is 1060. The van der Waals surface area contributed by atoms with Gasteiger partial charge in [0.25, 0.3) is 0 Å². The van der Waals surface area contributed by atoms with Gasteiger partial charge in [-0.3, -0.25) is 0 Å². The number of rotatable bonds is 3. The van der Waals surface area contributed by atoms with Crippen LogP contribution in [-0.2, 0) is 9.84 Å². The first-order valence-electron chi connectivity index (χ1n) is 8.47. The van der Waals surface area contributed by atoms with Crippen molar-refractivity contribution in [3.8, 4) is 16.8 Å². The van der Waals surface area contributed by atoms with Crippen molar-refractivity contribution >= 4 is 15.5 Å². The lowest BCUT2D eigenvalue weighted by Gasteiger charge is -2.28. The van der Waals surface area contributed by atoms with Crippen LogP contribution in [0.15, 0.2) is 54.9 Å². The number of sulfone groups is 1. The monoisotopic (exact) mass is 389 g/mol. The second-order valence-electron chi connectivity index (χ2n) is 6.46. The lowest BCUT2D eigenvalue weighted by molar-refractivity contribution is 0.573. The molecule has 1 aliphatic heterocycles. The molecule has 2 aromatic carbocycles. The molecule has 0 bridgehead atoms. The summed E-state index contributed by atoms with van der Waals surface area (Å²) in [6.07, 6.45) is 3.30. The van der Waals surface area contributed by atoms with Crippen LogP contribution in [-0.4, -0.2) is 42.8 Å². The number of halogens is 2. The van der Waals surface area contributed by atoms with Crippen LogP contribution < -0.4 is 4.90 Å². The zero-order chi connectivity index (χ0) is 19.0. The molecular weight excluding hydrogens is 372 g/mol. The van der Waals surface area contributed by atoms with Crippen molar-refractivity contribution in [2.24, 2.45) is 0 Å². The molecule has 0 amide bonds. The molecule has 3 aromatic rings. The Balaban J connectivity index is 1.54. The summed E-state index contributed by atoms with van der Waals surface area (Å²) in [5.74, 6) is -0.972. The molecule has 0 atom stereocenters. The molecule has 4 rings (SSSR count). The third-order valence-electron chi connectivity index (χ3n) is 4.65. The van der Waals surface area contributed by atoms with Crippen molar-refractivity contribution in [2.45, 2.75) is 0 Å². The van der Waals surface area contributed by atoms with Crippen LogP contribution in [0.5, 0.6) is 0 Å². The van der Waals surface area contributed by atoms with E-state index in [1.807, 2.05) is 29.2 Å². The SMILES string of the molecule is O=S1(=O)CCN(c2ccc(-c3cnn(-c4ccc(F)cc4F)c3)cc2)CC1. The van der Waals surface area contributed by atoms with Gasteiger partial charge >= 0.3 is 0 Å². The predicted octanol–water partition coefficient (Wildman–Crippen LogP) is 3.05. The highest BCUT2D eigenvalue weighted by Gasteiger charge is 2.21. The van der Waals surface area contributed by atoms with Gasteiger partial charge in [-0.1, -0.05) is 12.1 Å². The second-order valence-corrected chi connectivity index (χ2v) is 8.76. The number of nitrogens with zero attached hydrogens (tertiary/aromatic N) is 3. The molecular formula is C19H17F2N3O2S. The quantitative estimate of drug-likeness (QED) is 0.691. The highest BCUT2D eigenvalue weighted by Crippen LogP contribution is 2.25. The molecule has 1 saturated heterocycles. The van der Waals surface area contributed by atoms with Crippen molar-refractivity contribution < 1.29 is 17.2 Å². The zero-order valence-corrected chi connectivity index (χ0v) is 15.2. The normalized spacial score (nSPS) is 16.4. The summed E-state index contributed by atoms with van der Waals surface area (Å²) < 4.78 is 51.4. The molecule has 1 aliphatic rings. The van der Waals surface area contributed by atoms with Crippen LogP contribution >= 0.6 is 0 Å². The van der Waals surface area contributed by atoms with Gasteiger partial charge in [-0.15, -0.1) is 0 Å². The molecule has 5 nitrogen and oxygen atoms in total. The van der Waals surface area contributed by atoms with Gasteiger partial charge in [-0.25, -0.2) is 21.9 Å². The fraction of sp³-hybridized carbons (Fsp3) is 0.211. The minimum absolute atomic E-state index is 0.171. The Kier molecular flexibility index (Phi) is 4.43. The first kappa shape index (κ1) is 17.7. The van der Waals surface area contributed by atoms with E-state index in [1.165, 1.54) is 16.8 Å². The van der Waals surface area contributed by atoms with Gasteiger partial charge in [0.05, 0.1) is 17.7 Å². The van der Waals surface area contributed by atoms with Gasteiger partial charge < -0.3 is 4.90 Å². The molecule has 0 radical (unpaired) electrons. The van der Waals surface area contributed by atoms with E-state index in [9.17, 15) is 17.2 Å². The summed E-state index contributed by atoms with van der Waals surface area (Å²) in [5, 5.41) is 4.16. The maximum Gasteiger partial charge on any atom is 0.153 e. The van der Waals surface area contributed by atoms with Gasteiger partial charge in [0.15, 0.2) is 15.7 Å². The smallest absolute Gasteiger partial charge is 0.153 e. The van der Waals surface area contributed by atoms with Crippen molar-refractivity contribution in [1.82, 2.24) is 9.78 Å². The van der Waals surface area contributed by atoms with Crippen LogP contribution in [0.25, 0.3) is 16.8 Å². The fourth-order valence-corrected chi connectivity index (χ4v) is 4.31. The van der Waals surface area contributed by atoms with E-state index in [0.29, 0.717) is 13.1 Å². The van der Waals surface area contributed by atoms with E-state index >= 15 is 0 Å². The highest BCUT2D eigenvalue weighted by molar-refractivity contribution is 7.91. The summed E-state index contributed by atoms with van der Waals surface area (Å²) in [4.78, 5) is 2.04. The Morgan fingerprint density at radius 1 is 0.926 bits per heavy atom.